The molecule has 3 rings (SSSR count). The molecular formula is C21H34N4O3S. The number of hydrogen-bond donors (Lipinski definition) is 0. The number of rotatable bonds is 6. The lowest BCUT2D eigenvalue weighted by Crippen LogP contribution is -2.36. The highest BCUT2D eigenvalue weighted by atomic mass is 32.2. The summed E-state index contributed by atoms with van der Waals surface area (Å²) in [5.41, 5.74) is 1.38. The van der Waals surface area contributed by atoms with Crippen LogP contribution in [0.1, 0.15) is 43.5 Å². The second kappa shape index (κ2) is 9.45. The van der Waals surface area contributed by atoms with Gasteiger partial charge < -0.3 is 14.7 Å². The largest absolute Gasteiger partial charge is 0.371 e. The van der Waals surface area contributed by atoms with E-state index in [2.05, 4.69) is 16.8 Å². The highest BCUT2D eigenvalue weighted by molar-refractivity contribution is 7.89. The Morgan fingerprint density at radius 3 is 2.31 bits per heavy atom. The number of carbonyl (C=O) groups is 1. The first-order valence-electron chi connectivity index (χ1n) is 10.8. The molecule has 2 aliphatic rings. The summed E-state index contributed by atoms with van der Waals surface area (Å²) >= 11 is 0. The molecule has 2 aliphatic heterocycles. The van der Waals surface area contributed by atoms with Gasteiger partial charge in [-0.1, -0.05) is 13.8 Å². The van der Waals surface area contributed by atoms with Crippen molar-refractivity contribution in [2.24, 2.45) is 0 Å². The van der Waals surface area contributed by atoms with Crippen LogP contribution in [0.2, 0.25) is 0 Å². The fourth-order valence-corrected chi connectivity index (χ4v) is 5.70. The first kappa shape index (κ1) is 22.1. The molecule has 1 aromatic rings. The summed E-state index contributed by atoms with van der Waals surface area (Å²) < 4.78 is 27.6. The Morgan fingerprint density at radius 2 is 1.66 bits per heavy atom. The van der Waals surface area contributed by atoms with Gasteiger partial charge in [0.25, 0.3) is 5.91 Å². The SMILES string of the molecule is CCN(CC)S(=O)(=O)c1ccc(N2CCCC2)c(C(=O)N2CCCN(C)CC2)c1. The van der Waals surface area contributed by atoms with Gasteiger partial charge in [0.05, 0.1) is 10.5 Å². The lowest BCUT2D eigenvalue weighted by Gasteiger charge is -2.27. The first-order chi connectivity index (χ1) is 13.9. The lowest BCUT2D eigenvalue weighted by molar-refractivity contribution is 0.0763. The van der Waals surface area contributed by atoms with Gasteiger partial charge in [-0.2, -0.15) is 4.31 Å². The summed E-state index contributed by atoms with van der Waals surface area (Å²) in [4.78, 5) is 20.0. The third-order valence-corrected chi connectivity index (χ3v) is 8.04. The maximum absolute atomic E-state index is 13.5. The Balaban J connectivity index is 2.00. The van der Waals surface area contributed by atoms with E-state index in [0.29, 0.717) is 31.7 Å². The van der Waals surface area contributed by atoms with Gasteiger partial charge in [0.2, 0.25) is 10.0 Å². The van der Waals surface area contributed by atoms with Crippen LogP contribution in [-0.2, 0) is 10.0 Å². The topological polar surface area (TPSA) is 64.2 Å². The molecule has 0 N–H and O–H groups in total. The number of nitrogens with zero attached hydrogens (tertiary/aromatic N) is 4. The maximum atomic E-state index is 13.5. The minimum Gasteiger partial charge on any atom is -0.371 e. The molecule has 0 aromatic heterocycles. The molecule has 0 spiro atoms. The molecule has 0 radical (unpaired) electrons. The number of amides is 1. The molecule has 0 atom stereocenters. The minimum absolute atomic E-state index is 0.0567. The molecule has 29 heavy (non-hydrogen) atoms. The second-order valence-electron chi connectivity index (χ2n) is 7.91. The van der Waals surface area contributed by atoms with Crippen LogP contribution in [0.4, 0.5) is 5.69 Å². The van der Waals surface area contributed by atoms with E-state index >= 15 is 0 Å². The molecule has 7 nitrogen and oxygen atoms in total. The van der Waals surface area contributed by atoms with Crippen molar-refractivity contribution in [2.45, 2.75) is 38.0 Å². The number of carbonyl (C=O) groups excluding carboxylic acids is 1. The monoisotopic (exact) mass is 422 g/mol. The van der Waals surface area contributed by atoms with Gasteiger partial charge in [0.15, 0.2) is 0 Å². The summed E-state index contributed by atoms with van der Waals surface area (Å²) in [5, 5.41) is 0. The van der Waals surface area contributed by atoms with Gasteiger partial charge in [0, 0.05) is 51.5 Å². The van der Waals surface area contributed by atoms with Gasteiger partial charge >= 0.3 is 0 Å². The zero-order chi connectivity index (χ0) is 21.0. The van der Waals surface area contributed by atoms with E-state index in [1.54, 1.807) is 12.1 Å². The zero-order valence-corrected chi connectivity index (χ0v) is 18.7. The van der Waals surface area contributed by atoms with Crippen LogP contribution < -0.4 is 4.90 Å². The number of sulfonamides is 1. The average molecular weight is 423 g/mol. The van der Waals surface area contributed by atoms with Crippen molar-refractivity contribution in [2.75, 3.05) is 64.3 Å². The summed E-state index contributed by atoms with van der Waals surface area (Å²) in [6, 6.07) is 5.10. The molecule has 8 heteroatoms. The van der Waals surface area contributed by atoms with Gasteiger partial charge in [0.1, 0.15) is 0 Å². The Bertz CT molecular complexity index is 817. The first-order valence-corrected chi connectivity index (χ1v) is 12.2. The highest BCUT2D eigenvalue weighted by Gasteiger charge is 2.28. The summed E-state index contributed by atoms with van der Waals surface area (Å²) in [5.74, 6) is -0.0567. The summed E-state index contributed by atoms with van der Waals surface area (Å²) in [6.07, 6.45) is 3.13. The highest BCUT2D eigenvalue weighted by Crippen LogP contribution is 2.29. The fourth-order valence-electron chi connectivity index (χ4n) is 4.21. The van der Waals surface area contributed by atoms with Crippen molar-refractivity contribution in [3.63, 3.8) is 0 Å². The third-order valence-electron chi connectivity index (χ3n) is 6.00. The van der Waals surface area contributed by atoms with Gasteiger partial charge in [-0.25, -0.2) is 8.42 Å². The fraction of sp³-hybridized carbons (Fsp3) is 0.667. The average Bonchev–Trinajstić information content (AvgIpc) is 3.16. The molecule has 2 fully saturated rings. The lowest BCUT2D eigenvalue weighted by atomic mass is 10.1. The molecular weight excluding hydrogens is 388 g/mol. The number of likely N-dealkylation sites (N-methyl/N-ethyl adjacent to an activating group) is 1. The normalized spacial score (nSPS) is 19.0. The minimum atomic E-state index is -3.61. The van der Waals surface area contributed by atoms with Gasteiger partial charge in [-0.3, -0.25) is 4.79 Å². The van der Waals surface area contributed by atoms with Crippen molar-refractivity contribution in [1.29, 1.82) is 0 Å². The molecule has 0 bridgehead atoms. The predicted octanol–water partition coefficient (Wildman–Crippen LogP) is 2.10. The number of hydrogen-bond acceptors (Lipinski definition) is 5. The van der Waals surface area contributed by atoms with Crippen LogP contribution in [0.3, 0.4) is 0 Å². The molecule has 0 aliphatic carbocycles. The standard InChI is InChI=1S/C21H34N4O3S/c1-4-25(5-2)29(27,28)18-9-10-20(23-12-6-7-13-23)19(17-18)21(26)24-14-8-11-22(3)15-16-24/h9-10,17H,4-8,11-16H2,1-3H3. The van der Waals surface area contributed by atoms with Crippen LogP contribution in [0, 0.1) is 0 Å². The molecule has 2 saturated heterocycles. The predicted molar refractivity (Wildman–Crippen MR) is 116 cm³/mol. The van der Waals surface area contributed by atoms with E-state index in [4.69, 9.17) is 0 Å². The second-order valence-corrected chi connectivity index (χ2v) is 9.85. The van der Waals surface area contributed by atoms with Crippen LogP contribution in [0.5, 0.6) is 0 Å². The van der Waals surface area contributed by atoms with Crippen molar-refractivity contribution >= 4 is 21.6 Å². The third kappa shape index (κ3) is 4.75. The quantitative estimate of drug-likeness (QED) is 0.702. The molecule has 2 heterocycles. The van der Waals surface area contributed by atoms with Crippen molar-refractivity contribution in [3.05, 3.63) is 23.8 Å². The van der Waals surface area contributed by atoms with Crippen LogP contribution >= 0.6 is 0 Å². The van der Waals surface area contributed by atoms with Crippen molar-refractivity contribution in [1.82, 2.24) is 14.1 Å². The molecule has 0 unspecified atom stereocenters. The van der Waals surface area contributed by atoms with Gasteiger partial charge in [-0.15, -0.1) is 0 Å². The smallest absolute Gasteiger partial charge is 0.256 e. The van der Waals surface area contributed by atoms with Crippen molar-refractivity contribution < 1.29 is 13.2 Å². The van der Waals surface area contributed by atoms with E-state index in [1.807, 2.05) is 24.8 Å². The van der Waals surface area contributed by atoms with Crippen LogP contribution in [0.25, 0.3) is 0 Å². The zero-order valence-electron chi connectivity index (χ0n) is 17.9. The summed E-state index contributed by atoms with van der Waals surface area (Å²) in [7, 11) is -1.54. The van der Waals surface area contributed by atoms with E-state index < -0.39 is 10.0 Å². The van der Waals surface area contributed by atoms with E-state index in [9.17, 15) is 13.2 Å². The van der Waals surface area contributed by atoms with Gasteiger partial charge in [-0.05, 0) is 51.1 Å². The van der Waals surface area contributed by atoms with Crippen molar-refractivity contribution in [3.8, 4) is 0 Å². The Labute approximate surface area is 175 Å². The van der Waals surface area contributed by atoms with E-state index in [1.165, 1.54) is 4.31 Å². The van der Waals surface area contributed by atoms with Crippen LogP contribution in [0.15, 0.2) is 23.1 Å². The molecule has 1 amide bonds. The summed E-state index contributed by atoms with van der Waals surface area (Å²) in [6.45, 7) is 9.48. The van der Waals surface area contributed by atoms with E-state index in [0.717, 1.165) is 51.1 Å². The number of benzene rings is 1. The number of anilines is 1. The molecule has 1 aromatic carbocycles. The Hall–Kier alpha value is -1.64. The van der Waals surface area contributed by atoms with E-state index in [-0.39, 0.29) is 10.8 Å². The molecule has 162 valence electrons. The van der Waals surface area contributed by atoms with Crippen LogP contribution in [-0.4, -0.2) is 87.8 Å². The molecule has 0 saturated carbocycles. The maximum Gasteiger partial charge on any atom is 0.256 e. The Morgan fingerprint density at radius 1 is 0.966 bits per heavy atom. The Kier molecular flexibility index (Phi) is 7.19.